The summed E-state index contributed by atoms with van der Waals surface area (Å²) < 4.78 is 0. The van der Waals surface area contributed by atoms with Gasteiger partial charge in [0, 0.05) is 13.6 Å². The first-order chi connectivity index (χ1) is 8.79. The lowest BCUT2D eigenvalue weighted by Crippen LogP contribution is -2.65. The van der Waals surface area contributed by atoms with Crippen molar-refractivity contribution in [2.24, 2.45) is 5.73 Å². The summed E-state index contributed by atoms with van der Waals surface area (Å²) in [7, 11) is 1.44. The van der Waals surface area contributed by atoms with E-state index in [1.807, 2.05) is 0 Å². The second-order valence-electron chi connectivity index (χ2n) is 4.59. The number of hydrogen-bond donors (Lipinski definition) is 6. The number of halogens is 1. The fourth-order valence-electron chi connectivity index (χ4n) is 1.96. The van der Waals surface area contributed by atoms with Crippen LogP contribution in [0.4, 0.5) is 0 Å². The molecule has 1 rings (SSSR count). The summed E-state index contributed by atoms with van der Waals surface area (Å²) in [6, 6.07) is -0.994. The summed E-state index contributed by atoms with van der Waals surface area (Å²) in [6.45, 7) is -0.962. The van der Waals surface area contributed by atoms with Gasteiger partial charge in [0.2, 0.25) is 5.91 Å². The molecule has 118 valence electrons. The first kappa shape index (κ1) is 18.9. The third-order valence-electron chi connectivity index (χ3n) is 3.21. The number of rotatable bonds is 3. The van der Waals surface area contributed by atoms with Gasteiger partial charge in [-0.25, -0.2) is 0 Å². The number of piperidine rings is 1. The van der Waals surface area contributed by atoms with Crippen molar-refractivity contribution in [3.05, 3.63) is 0 Å². The Morgan fingerprint density at radius 2 is 1.95 bits per heavy atom. The van der Waals surface area contributed by atoms with E-state index in [0.29, 0.717) is 0 Å². The Morgan fingerprint density at radius 3 is 2.40 bits per heavy atom. The van der Waals surface area contributed by atoms with Crippen LogP contribution in [0.1, 0.15) is 0 Å². The first-order valence-electron chi connectivity index (χ1n) is 5.79. The fraction of sp³-hybridized carbons (Fsp3) is 0.800. The maximum absolute atomic E-state index is 12.0. The Balaban J connectivity index is 0.00000361. The minimum Gasteiger partial charge on any atom is -0.394 e. The Hall–Kier alpha value is -1.13. The van der Waals surface area contributed by atoms with E-state index in [0.717, 1.165) is 4.90 Å². The van der Waals surface area contributed by atoms with Crippen LogP contribution in [0.2, 0.25) is 0 Å². The number of β-amino-alcohol motifs (C(OH)–C–C–N with tert-alkyl or cyclic N) is 1. The molecule has 0 saturated carbocycles. The van der Waals surface area contributed by atoms with Crippen molar-refractivity contribution in [2.75, 3.05) is 26.7 Å². The zero-order chi connectivity index (χ0) is 14.7. The van der Waals surface area contributed by atoms with Gasteiger partial charge in [-0.3, -0.25) is 10.2 Å². The SMILES string of the molecule is CN(CC(=O)N1C[C@H](O)[C@@H](O)[C@@H](O)C1CO)C(=N)N.Cl. The third-order valence-corrected chi connectivity index (χ3v) is 3.21. The highest BCUT2D eigenvalue weighted by molar-refractivity contribution is 5.85. The number of guanidine groups is 1. The van der Waals surface area contributed by atoms with Gasteiger partial charge in [-0.1, -0.05) is 0 Å². The maximum atomic E-state index is 12.0. The van der Waals surface area contributed by atoms with E-state index < -0.39 is 36.9 Å². The van der Waals surface area contributed by atoms with E-state index in [1.165, 1.54) is 11.9 Å². The van der Waals surface area contributed by atoms with Crippen molar-refractivity contribution in [3.63, 3.8) is 0 Å². The van der Waals surface area contributed by atoms with Crippen molar-refractivity contribution in [1.82, 2.24) is 9.80 Å². The van der Waals surface area contributed by atoms with Crippen molar-refractivity contribution in [2.45, 2.75) is 24.4 Å². The van der Waals surface area contributed by atoms with Gasteiger partial charge in [0.1, 0.15) is 18.3 Å². The molecule has 1 amide bonds. The summed E-state index contributed by atoms with van der Waals surface area (Å²) >= 11 is 0. The van der Waals surface area contributed by atoms with E-state index in [2.05, 4.69) is 0 Å². The number of aliphatic hydroxyl groups excluding tert-OH is 4. The van der Waals surface area contributed by atoms with Crippen LogP contribution < -0.4 is 5.73 Å². The smallest absolute Gasteiger partial charge is 0.242 e. The van der Waals surface area contributed by atoms with E-state index in [4.69, 9.17) is 11.1 Å². The van der Waals surface area contributed by atoms with Crippen LogP contribution in [-0.2, 0) is 4.79 Å². The summed E-state index contributed by atoms with van der Waals surface area (Å²) in [4.78, 5) is 14.3. The molecule has 7 N–H and O–H groups in total. The largest absolute Gasteiger partial charge is 0.394 e. The summed E-state index contributed by atoms with van der Waals surface area (Å²) in [5, 5.41) is 45.1. The predicted molar refractivity (Wildman–Crippen MR) is 72.4 cm³/mol. The average molecular weight is 313 g/mol. The minimum atomic E-state index is -1.43. The molecule has 0 aromatic heterocycles. The molecule has 1 unspecified atom stereocenters. The van der Waals surface area contributed by atoms with Gasteiger partial charge >= 0.3 is 0 Å². The molecule has 20 heavy (non-hydrogen) atoms. The van der Waals surface area contributed by atoms with E-state index >= 15 is 0 Å². The molecule has 1 saturated heterocycles. The van der Waals surface area contributed by atoms with E-state index in [9.17, 15) is 25.2 Å². The summed E-state index contributed by atoms with van der Waals surface area (Å²) in [5.74, 6) is -0.811. The Labute approximate surface area is 122 Å². The molecule has 9 nitrogen and oxygen atoms in total. The zero-order valence-corrected chi connectivity index (χ0v) is 11.8. The van der Waals surface area contributed by atoms with E-state index in [1.54, 1.807) is 0 Å². The van der Waals surface area contributed by atoms with Crippen molar-refractivity contribution >= 4 is 24.3 Å². The van der Waals surface area contributed by atoms with Crippen LogP contribution in [0.25, 0.3) is 0 Å². The highest BCUT2D eigenvalue weighted by atomic mass is 35.5. The highest BCUT2D eigenvalue weighted by Gasteiger charge is 2.43. The van der Waals surface area contributed by atoms with Gasteiger partial charge in [-0.05, 0) is 0 Å². The number of likely N-dealkylation sites (tertiary alicyclic amines) is 1. The van der Waals surface area contributed by atoms with E-state index in [-0.39, 0.29) is 31.5 Å². The number of aliphatic hydroxyl groups is 4. The predicted octanol–water partition coefficient (Wildman–Crippen LogP) is -3.48. The second-order valence-corrected chi connectivity index (χ2v) is 4.59. The minimum absolute atomic E-state index is 0. The molecule has 0 bridgehead atoms. The molecule has 0 aromatic carbocycles. The van der Waals surface area contributed by atoms with Gasteiger partial charge in [-0.2, -0.15) is 0 Å². The van der Waals surface area contributed by atoms with Gasteiger partial charge in [-0.15, -0.1) is 12.4 Å². The second kappa shape index (κ2) is 7.60. The number of hydrogen-bond acceptors (Lipinski definition) is 6. The maximum Gasteiger partial charge on any atom is 0.242 e. The van der Waals surface area contributed by atoms with Gasteiger partial charge < -0.3 is 36.0 Å². The van der Waals surface area contributed by atoms with Crippen molar-refractivity contribution in [3.8, 4) is 0 Å². The van der Waals surface area contributed by atoms with Crippen LogP contribution in [0.15, 0.2) is 0 Å². The standard InChI is InChI=1S/C10H20N4O5.ClH/c1-13(10(11)12)3-7(17)14-2-6(16)9(19)8(18)5(14)4-15;/h5-6,8-9,15-16,18-19H,2-4H2,1H3,(H3,11,12);1H/t5?,6-,8-,9+;/m0./s1. The summed E-state index contributed by atoms with van der Waals surface area (Å²) in [5.41, 5.74) is 5.21. The van der Waals surface area contributed by atoms with Crippen LogP contribution in [-0.4, -0.2) is 93.2 Å². The number of nitrogens with two attached hydrogens (primary N) is 1. The molecule has 4 atom stereocenters. The van der Waals surface area contributed by atoms with Gasteiger partial charge in [0.05, 0.1) is 19.2 Å². The molecule has 1 aliphatic rings. The zero-order valence-electron chi connectivity index (χ0n) is 11.0. The van der Waals surface area contributed by atoms with Crippen molar-refractivity contribution < 1.29 is 25.2 Å². The van der Waals surface area contributed by atoms with Crippen LogP contribution in [0.3, 0.4) is 0 Å². The molecular weight excluding hydrogens is 292 g/mol. The van der Waals surface area contributed by atoms with Crippen LogP contribution in [0.5, 0.6) is 0 Å². The third kappa shape index (κ3) is 3.93. The Morgan fingerprint density at radius 1 is 1.40 bits per heavy atom. The van der Waals surface area contributed by atoms with Crippen LogP contribution in [0, 0.1) is 5.41 Å². The lowest BCUT2D eigenvalue weighted by molar-refractivity contribution is -0.166. The molecule has 1 heterocycles. The average Bonchev–Trinajstić information content (AvgIpc) is 2.35. The Bertz CT molecular complexity index is 359. The van der Waals surface area contributed by atoms with Crippen molar-refractivity contribution in [1.29, 1.82) is 5.41 Å². The first-order valence-corrected chi connectivity index (χ1v) is 5.79. The lowest BCUT2D eigenvalue weighted by Gasteiger charge is -2.43. The molecule has 0 radical (unpaired) electrons. The molecule has 0 spiro atoms. The number of carbonyl (C=O) groups excluding carboxylic acids is 1. The molecule has 0 aliphatic carbocycles. The Kier molecular flexibility index (Phi) is 7.17. The molecule has 10 heteroatoms. The number of nitrogens with one attached hydrogen (secondary N) is 1. The quantitative estimate of drug-likeness (QED) is 0.233. The molecule has 1 aliphatic heterocycles. The number of nitrogens with zero attached hydrogens (tertiary/aromatic N) is 2. The van der Waals surface area contributed by atoms with Gasteiger partial charge in [0.25, 0.3) is 0 Å². The lowest BCUT2D eigenvalue weighted by atomic mass is 9.94. The summed E-state index contributed by atoms with van der Waals surface area (Å²) in [6.07, 6.45) is -4.13. The number of likely N-dealkylation sites (N-methyl/N-ethyl adjacent to an activating group) is 1. The fourth-order valence-corrected chi connectivity index (χ4v) is 1.96. The highest BCUT2D eigenvalue weighted by Crippen LogP contribution is 2.19. The van der Waals surface area contributed by atoms with Crippen LogP contribution >= 0.6 is 12.4 Å². The monoisotopic (exact) mass is 312 g/mol. The number of carbonyl (C=O) groups is 1. The molecular formula is C10H21ClN4O5. The molecule has 0 aromatic rings. The molecule has 1 fully saturated rings. The normalized spacial score (nSPS) is 29.6. The van der Waals surface area contributed by atoms with Gasteiger partial charge in [0.15, 0.2) is 5.96 Å². The topological polar surface area (TPSA) is 154 Å². The number of amides is 1.